The Hall–Kier alpha value is -1.74. The molecule has 0 fully saturated rings. The van der Waals surface area contributed by atoms with Gasteiger partial charge in [-0.15, -0.1) is 0 Å². The molecule has 0 radical (unpaired) electrons. The average Bonchev–Trinajstić information content (AvgIpc) is 2.36. The standard InChI is InChI=1S/C15H16ClFN2/c1-2-19(15-6-4-3-5-14(15)17)10-11-7-12(16)9-13(18)8-11/h3-9H,2,10,18H2,1H3. The highest BCUT2D eigenvalue weighted by Gasteiger charge is 2.10. The largest absolute Gasteiger partial charge is 0.399 e. The second-order valence-electron chi connectivity index (χ2n) is 4.36. The second kappa shape index (κ2) is 5.93. The molecular formula is C15H16ClFN2. The van der Waals surface area contributed by atoms with Crippen molar-refractivity contribution in [3.05, 3.63) is 58.9 Å². The third-order valence-corrected chi connectivity index (χ3v) is 3.15. The Balaban J connectivity index is 2.26. The Labute approximate surface area is 117 Å². The van der Waals surface area contributed by atoms with Crippen molar-refractivity contribution in [1.29, 1.82) is 0 Å². The molecule has 0 saturated heterocycles. The lowest BCUT2D eigenvalue weighted by Gasteiger charge is -2.24. The summed E-state index contributed by atoms with van der Waals surface area (Å²) >= 11 is 5.98. The summed E-state index contributed by atoms with van der Waals surface area (Å²) in [7, 11) is 0. The topological polar surface area (TPSA) is 29.3 Å². The third kappa shape index (κ3) is 3.38. The fraction of sp³-hybridized carbons (Fsp3) is 0.200. The van der Waals surface area contributed by atoms with Crippen LogP contribution in [0.1, 0.15) is 12.5 Å². The van der Waals surface area contributed by atoms with E-state index in [9.17, 15) is 4.39 Å². The van der Waals surface area contributed by atoms with Crippen molar-refractivity contribution in [2.45, 2.75) is 13.5 Å². The number of hydrogen-bond donors (Lipinski definition) is 1. The number of halogens is 2. The molecule has 0 aliphatic carbocycles. The summed E-state index contributed by atoms with van der Waals surface area (Å²) < 4.78 is 13.8. The van der Waals surface area contributed by atoms with E-state index in [-0.39, 0.29) is 5.82 Å². The average molecular weight is 279 g/mol. The molecule has 0 heterocycles. The Bertz CT molecular complexity index is 552. The smallest absolute Gasteiger partial charge is 0.146 e. The first kappa shape index (κ1) is 13.7. The number of nitrogen functional groups attached to an aromatic ring is 1. The Morgan fingerprint density at radius 3 is 2.58 bits per heavy atom. The van der Waals surface area contributed by atoms with Crippen molar-refractivity contribution >= 4 is 23.0 Å². The number of hydrogen-bond acceptors (Lipinski definition) is 2. The molecule has 2 rings (SSSR count). The maximum Gasteiger partial charge on any atom is 0.146 e. The fourth-order valence-electron chi connectivity index (χ4n) is 2.06. The van der Waals surface area contributed by atoms with Gasteiger partial charge in [-0.1, -0.05) is 23.7 Å². The van der Waals surface area contributed by atoms with Crippen molar-refractivity contribution in [2.75, 3.05) is 17.2 Å². The first-order valence-corrected chi connectivity index (χ1v) is 6.52. The number of nitrogens with two attached hydrogens (primary N) is 1. The summed E-state index contributed by atoms with van der Waals surface area (Å²) in [6, 6.07) is 12.1. The minimum absolute atomic E-state index is 0.223. The minimum Gasteiger partial charge on any atom is -0.399 e. The van der Waals surface area contributed by atoms with E-state index in [2.05, 4.69) is 0 Å². The summed E-state index contributed by atoms with van der Waals surface area (Å²) in [6.45, 7) is 3.26. The van der Waals surface area contributed by atoms with Crippen LogP contribution >= 0.6 is 11.6 Å². The van der Waals surface area contributed by atoms with Crippen LogP contribution in [-0.4, -0.2) is 6.54 Å². The second-order valence-corrected chi connectivity index (χ2v) is 4.79. The molecule has 100 valence electrons. The Morgan fingerprint density at radius 2 is 1.95 bits per heavy atom. The summed E-state index contributed by atoms with van der Waals surface area (Å²) in [5, 5.41) is 0.597. The van der Waals surface area contributed by atoms with E-state index in [1.54, 1.807) is 18.2 Å². The van der Waals surface area contributed by atoms with Crippen molar-refractivity contribution < 1.29 is 4.39 Å². The van der Waals surface area contributed by atoms with Crippen LogP contribution in [0, 0.1) is 5.82 Å². The van der Waals surface area contributed by atoms with Gasteiger partial charge in [0, 0.05) is 23.8 Å². The van der Waals surface area contributed by atoms with Gasteiger partial charge in [0.05, 0.1) is 5.69 Å². The first-order chi connectivity index (χ1) is 9.10. The van der Waals surface area contributed by atoms with Gasteiger partial charge in [-0.05, 0) is 42.8 Å². The number of anilines is 2. The van der Waals surface area contributed by atoms with Gasteiger partial charge in [0.2, 0.25) is 0 Å². The van der Waals surface area contributed by atoms with Crippen molar-refractivity contribution in [2.24, 2.45) is 0 Å². The van der Waals surface area contributed by atoms with Gasteiger partial charge in [-0.25, -0.2) is 4.39 Å². The van der Waals surface area contributed by atoms with E-state index in [0.717, 1.165) is 5.56 Å². The molecule has 0 aromatic heterocycles. The van der Waals surface area contributed by atoms with Crippen molar-refractivity contribution in [3.8, 4) is 0 Å². The SMILES string of the molecule is CCN(Cc1cc(N)cc(Cl)c1)c1ccccc1F. The number of para-hydroxylation sites is 1. The van der Waals surface area contributed by atoms with Gasteiger partial charge in [-0.3, -0.25) is 0 Å². The van der Waals surface area contributed by atoms with Gasteiger partial charge >= 0.3 is 0 Å². The maximum atomic E-state index is 13.8. The Morgan fingerprint density at radius 1 is 1.21 bits per heavy atom. The van der Waals surface area contributed by atoms with Gasteiger partial charge in [-0.2, -0.15) is 0 Å². The van der Waals surface area contributed by atoms with Gasteiger partial charge in [0.1, 0.15) is 5.82 Å². The molecule has 0 unspecified atom stereocenters. The predicted molar refractivity (Wildman–Crippen MR) is 79.0 cm³/mol. The Kier molecular flexibility index (Phi) is 4.27. The molecule has 0 saturated carbocycles. The highest BCUT2D eigenvalue weighted by atomic mass is 35.5. The maximum absolute atomic E-state index is 13.8. The molecule has 2 aromatic carbocycles. The quantitative estimate of drug-likeness (QED) is 0.854. The molecular weight excluding hydrogens is 263 g/mol. The predicted octanol–water partition coefficient (Wildman–Crippen LogP) is 4.09. The van der Waals surface area contributed by atoms with E-state index in [0.29, 0.717) is 29.5 Å². The molecule has 4 heteroatoms. The van der Waals surface area contributed by atoms with E-state index in [1.165, 1.54) is 6.07 Å². The van der Waals surface area contributed by atoms with E-state index in [4.69, 9.17) is 17.3 Å². The molecule has 2 aromatic rings. The lowest BCUT2D eigenvalue weighted by atomic mass is 10.1. The van der Waals surface area contributed by atoms with Crippen LogP contribution in [0.4, 0.5) is 15.8 Å². The highest BCUT2D eigenvalue weighted by molar-refractivity contribution is 6.30. The van der Waals surface area contributed by atoms with Gasteiger partial charge in [0.15, 0.2) is 0 Å². The molecule has 0 aliphatic rings. The van der Waals surface area contributed by atoms with E-state index in [1.807, 2.05) is 30.0 Å². The summed E-state index contributed by atoms with van der Waals surface area (Å²) in [4.78, 5) is 1.94. The molecule has 0 bridgehead atoms. The summed E-state index contributed by atoms with van der Waals surface area (Å²) in [5.41, 5.74) is 7.94. The van der Waals surface area contributed by atoms with Crippen LogP contribution in [0.3, 0.4) is 0 Å². The van der Waals surface area contributed by atoms with Crippen LogP contribution in [-0.2, 0) is 6.54 Å². The normalized spacial score (nSPS) is 10.5. The minimum atomic E-state index is -0.223. The molecule has 0 amide bonds. The first-order valence-electron chi connectivity index (χ1n) is 6.14. The highest BCUT2D eigenvalue weighted by Crippen LogP contribution is 2.23. The third-order valence-electron chi connectivity index (χ3n) is 2.93. The van der Waals surface area contributed by atoms with E-state index < -0.39 is 0 Å². The zero-order valence-electron chi connectivity index (χ0n) is 10.7. The van der Waals surface area contributed by atoms with Crippen LogP contribution in [0.25, 0.3) is 0 Å². The zero-order valence-corrected chi connectivity index (χ0v) is 11.5. The molecule has 0 aliphatic heterocycles. The number of nitrogens with zero attached hydrogens (tertiary/aromatic N) is 1. The van der Waals surface area contributed by atoms with Crippen LogP contribution in [0.15, 0.2) is 42.5 Å². The number of benzene rings is 2. The lowest BCUT2D eigenvalue weighted by Crippen LogP contribution is -2.23. The molecule has 2 nitrogen and oxygen atoms in total. The molecule has 19 heavy (non-hydrogen) atoms. The monoisotopic (exact) mass is 278 g/mol. The van der Waals surface area contributed by atoms with Crippen LogP contribution < -0.4 is 10.6 Å². The lowest BCUT2D eigenvalue weighted by molar-refractivity contribution is 0.618. The van der Waals surface area contributed by atoms with Crippen molar-refractivity contribution in [1.82, 2.24) is 0 Å². The van der Waals surface area contributed by atoms with Crippen LogP contribution in [0.5, 0.6) is 0 Å². The molecule has 0 atom stereocenters. The summed E-state index contributed by atoms with van der Waals surface area (Å²) in [5.74, 6) is -0.223. The van der Waals surface area contributed by atoms with E-state index >= 15 is 0 Å². The van der Waals surface area contributed by atoms with Gasteiger partial charge in [0.25, 0.3) is 0 Å². The van der Waals surface area contributed by atoms with Gasteiger partial charge < -0.3 is 10.6 Å². The molecule has 2 N–H and O–H groups in total. The fourth-order valence-corrected chi connectivity index (χ4v) is 2.33. The van der Waals surface area contributed by atoms with Crippen molar-refractivity contribution in [3.63, 3.8) is 0 Å². The zero-order chi connectivity index (χ0) is 13.8. The number of rotatable bonds is 4. The molecule has 0 spiro atoms. The van der Waals surface area contributed by atoms with Crippen LogP contribution in [0.2, 0.25) is 5.02 Å². The summed E-state index contributed by atoms with van der Waals surface area (Å²) in [6.07, 6.45) is 0.